The summed E-state index contributed by atoms with van der Waals surface area (Å²) in [6.45, 7) is 0.555. The number of hydrogen-bond acceptors (Lipinski definition) is 6. The van der Waals surface area contributed by atoms with Crippen molar-refractivity contribution in [3.63, 3.8) is 0 Å². The number of carbonyl (C=O) groups excluding carboxylic acids is 1. The van der Waals surface area contributed by atoms with Crippen molar-refractivity contribution in [3.05, 3.63) is 35.6 Å². The second-order valence-corrected chi connectivity index (χ2v) is 7.42. The molecule has 0 aliphatic carbocycles. The summed E-state index contributed by atoms with van der Waals surface area (Å²) in [6.07, 6.45) is 2.49. The number of ether oxygens (including phenoxy) is 2. The lowest BCUT2D eigenvalue weighted by molar-refractivity contribution is -0.0791. The van der Waals surface area contributed by atoms with Gasteiger partial charge in [-0.05, 0) is 37.0 Å². The number of nitrogens with zero attached hydrogens (tertiary/aromatic N) is 1. The van der Waals surface area contributed by atoms with Crippen molar-refractivity contribution >= 4 is 16.2 Å². The van der Waals surface area contributed by atoms with Crippen molar-refractivity contribution in [2.24, 2.45) is 0 Å². The van der Waals surface area contributed by atoms with Gasteiger partial charge in [0.2, 0.25) is 0 Å². The first-order valence-electron chi connectivity index (χ1n) is 7.98. The molecule has 0 N–H and O–H groups in total. The van der Waals surface area contributed by atoms with E-state index in [-0.39, 0.29) is 13.4 Å². The maximum Gasteiger partial charge on any atom is 0.411 e. The molecule has 0 aromatic heterocycles. The van der Waals surface area contributed by atoms with E-state index in [9.17, 15) is 17.6 Å². The molecule has 1 aliphatic rings. The summed E-state index contributed by atoms with van der Waals surface area (Å²) in [5.74, 6) is -0.490. The maximum absolute atomic E-state index is 13.4. The summed E-state index contributed by atoms with van der Waals surface area (Å²) in [6, 6.07) is 5.52. The lowest BCUT2D eigenvalue weighted by Gasteiger charge is -2.26. The number of piperidine rings is 1. The van der Waals surface area contributed by atoms with Crippen molar-refractivity contribution in [2.75, 3.05) is 32.7 Å². The molecule has 9 heteroatoms. The highest BCUT2D eigenvalue weighted by atomic mass is 32.2. The van der Waals surface area contributed by atoms with Gasteiger partial charge in [0.1, 0.15) is 11.9 Å². The van der Waals surface area contributed by atoms with Gasteiger partial charge in [-0.1, -0.05) is 12.1 Å². The van der Waals surface area contributed by atoms with Gasteiger partial charge >= 0.3 is 6.09 Å². The van der Waals surface area contributed by atoms with Crippen LogP contribution in [0.15, 0.2) is 24.3 Å². The van der Waals surface area contributed by atoms with Crippen LogP contribution in [-0.2, 0) is 23.8 Å². The Hall–Kier alpha value is -1.71. The van der Waals surface area contributed by atoms with Crippen LogP contribution < -0.4 is 0 Å². The standard InChI is InChI=1S/C16H22FNO6S/c1-25(20,21)24-11-15(13-6-5-7-14(17)10-13)22-12-23-16(19)18-8-3-2-4-9-18/h5-7,10,15H,2-4,8-9,11-12H2,1H3/t15-/m0/s1. The summed E-state index contributed by atoms with van der Waals surface area (Å²) < 4.78 is 51.0. The summed E-state index contributed by atoms with van der Waals surface area (Å²) in [7, 11) is -3.69. The highest BCUT2D eigenvalue weighted by Crippen LogP contribution is 2.20. The van der Waals surface area contributed by atoms with Crippen LogP contribution in [-0.4, -0.2) is 52.2 Å². The van der Waals surface area contributed by atoms with Gasteiger partial charge in [0.15, 0.2) is 6.79 Å². The van der Waals surface area contributed by atoms with Gasteiger partial charge in [0.05, 0.1) is 12.9 Å². The number of rotatable bonds is 7. The average Bonchev–Trinajstić information content (AvgIpc) is 2.57. The molecule has 1 saturated heterocycles. The van der Waals surface area contributed by atoms with Crippen LogP contribution in [0.4, 0.5) is 9.18 Å². The molecule has 0 radical (unpaired) electrons. The molecule has 7 nitrogen and oxygen atoms in total. The third-order valence-electron chi connectivity index (χ3n) is 3.72. The van der Waals surface area contributed by atoms with Gasteiger partial charge < -0.3 is 14.4 Å². The Labute approximate surface area is 146 Å². The molecule has 0 unspecified atom stereocenters. The van der Waals surface area contributed by atoms with E-state index in [1.165, 1.54) is 18.2 Å². The van der Waals surface area contributed by atoms with E-state index in [1.807, 2.05) is 0 Å². The fourth-order valence-electron chi connectivity index (χ4n) is 2.47. The molecular weight excluding hydrogens is 353 g/mol. The minimum absolute atomic E-state index is 0.344. The predicted octanol–water partition coefficient (Wildman–Crippen LogP) is 2.44. The lowest BCUT2D eigenvalue weighted by Crippen LogP contribution is -2.36. The van der Waals surface area contributed by atoms with Crippen molar-refractivity contribution < 1.29 is 31.3 Å². The Balaban J connectivity index is 1.92. The van der Waals surface area contributed by atoms with Gasteiger partial charge in [-0.25, -0.2) is 9.18 Å². The molecule has 140 valence electrons. The summed E-state index contributed by atoms with van der Waals surface area (Å²) in [4.78, 5) is 13.5. The van der Waals surface area contributed by atoms with E-state index >= 15 is 0 Å². The van der Waals surface area contributed by atoms with Crippen LogP contribution in [0.3, 0.4) is 0 Å². The smallest absolute Gasteiger partial charge is 0.411 e. The van der Waals surface area contributed by atoms with E-state index in [2.05, 4.69) is 0 Å². The van der Waals surface area contributed by atoms with Crippen LogP contribution in [0.1, 0.15) is 30.9 Å². The molecule has 2 rings (SSSR count). The van der Waals surface area contributed by atoms with E-state index < -0.39 is 28.1 Å². The van der Waals surface area contributed by atoms with Crippen LogP contribution >= 0.6 is 0 Å². The number of benzene rings is 1. The van der Waals surface area contributed by atoms with Crippen LogP contribution in [0.5, 0.6) is 0 Å². The molecule has 0 spiro atoms. The Bertz CT molecular complexity index is 675. The molecule has 1 aromatic carbocycles. The van der Waals surface area contributed by atoms with Gasteiger partial charge in [-0.2, -0.15) is 8.42 Å². The van der Waals surface area contributed by atoms with Crippen molar-refractivity contribution in [2.45, 2.75) is 25.4 Å². The molecule has 1 aliphatic heterocycles. The van der Waals surface area contributed by atoms with Crippen LogP contribution in [0, 0.1) is 5.82 Å². The Morgan fingerprint density at radius 2 is 2.00 bits per heavy atom. The highest BCUT2D eigenvalue weighted by molar-refractivity contribution is 7.85. The largest absolute Gasteiger partial charge is 0.422 e. The molecule has 1 amide bonds. The number of halogens is 1. The summed E-state index contributed by atoms with van der Waals surface area (Å²) >= 11 is 0. The molecule has 0 bridgehead atoms. The Morgan fingerprint density at radius 1 is 1.28 bits per heavy atom. The summed E-state index contributed by atoms with van der Waals surface area (Å²) in [5, 5.41) is 0. The second-order valence-electron chi connectivity index (χ2n) is 5.77. The molecule has 1 heterocycles. The third kappa shape index (κ3) is 6.97. The molecular formula is C16H22FNO6S. The average molecular weight is 375 g/mol. The van der Waals surface area contributed by atoms with Crippen LogP contribution in [0.2, 0.25) is 0 Å². The molecule has 1 atom stereocenters. The number of amides is 1. The van der Waals surface area contributed by atoms with Crippen molar-refractivity contribution in [1.29, 1.82) is 0 Å². The monoisotopic (exact) mass is 375 g/mol. The van der Waals surface area contributed by atoms with Gasteiger partial charge in [0.25, 0.3) is 10.1 Å². The first kappa shape index (κ1) is 19.6. The van der Waals surface area contributed by atoms with Crippen LogP contribution in [0.25, 0.3) is 0 Å². The maximum atomic E-state index is 13.4. The normalized spacial score (nSPS) is 16.5. The quantitative estimate of drug-likeness (QED) is 0.538. The first-order chi connectivity index (χ1) is 11.8. The minimum atomic E-state index is -3.69. The van der Waals surface area contributed by atoms with Crippen molar-refractivity contribution in [3.8, 4) is 0 Å². The molecule has 1 fully saturated rings. The number of carbonyl (C=O) groups is 1. The van der Waals surface area contributed by atoms with Gasteiger partial charge in [-0.15, -0.1) is 0 Å². The van der Waals surface area contributed by atoms with E-state index in [0.717, 1.165) is 25.5 Å². The lowest BCUT2D eigenvalue weighted by atomic mass is 10.1. The fraction of sp³-hybridized carbons (Fsp3) is 0.562. The topological polar surface area (TPSA) is 82.1 Å². The van der Waals surface area contributed by atoms with Crippen molar-refractivity contribution in [1.82, 2.24) is 4.90 Å². The molecule has 1 aromatic rings. The first-order valence-corrected chi connectivity index (χ1v) is 9.80. The van der Waals surface area contributed by atoms with E-state index in [4.69, 9.17) is 13.7 Å². The Kier molecular flexibility index (Phi) is 7.15. The number of likely N-dealkylation sites (tertiary alicyclic amines) is 1. The zero-order valence-corrected chi connectivity index (χ0v) is 14.8. The second kappa shape index (κ2) is 9.12. The highest BCUT2D eigenvalue weighted by Gasteiger charge is 2.20. The van der Waals surface area contributed by atoms with Gasteiger partial charge in [-0.3, -0.25) is 4.18 Å². The molecule has 0 saturated carbocycles. The SMILES string of the molecule is CS(=O)(=O)OC[C@H](OCOC(=O)N1CCCCC1)c1cccc(F)c1. The zero-order valence-electron chi connectivity index (χ0n) is 14.0. The predicted molar refractivity (Wildman–Crippen MR) is 87.8 cm³/mol. The van der Waals surface area contributed by atoms with E-state index in [1.54, 1.807) is 11.0 Å². The fourth-order valence-corrected chi connectivity index (χ4v) is 2.84. The van der Waals surface area contributed by atoms with E-state index in [0.29, 0.717) is 18.7 Å². The summed E-state index contributed by atoms with van der Waals surface area (Å²) in [5.41, 5.74) is 0.387. The third-order valence-corrected chi connectivity index (χ3v) is 4.28. The molecule has 25 heavy (non-hydrogen) atoms. The minimum Gasteiger partial charge on any atom is -0.422 e. The Morgan fingerprint density at radius 3 is 2.64 bits per heavy atom. The number of hydrogen-bond donors (Lipinski definition) is 0. The van der Waals surface area contributed by atoms with Gasteiger partial charge in [0, 0.05) is 13.1 Å². The zero-order chi connectivity index (χ0) is 18.3.